The van der Waals surface area contributed by atoms with Crippen LogP contribution in [-0.2, 0) is 11.3 Å². The van der Waals surface area contributed by atoms with E-state index < -0.39 is 5.91 Å². The first kappa shape index (κ1) is 17.9. The van der Waals surface area contributed by atoms with Crippen molar-refractivity contribution >= 4 is 12.0 Å². The molecule has 1 amide bonds. The third-order valence-corrected chi connectivity index (χ3v) is 3.37. The molecule has 0 saturated heterocycles. The van der Waals surface area contributed by atoms with Gasteiger partial charge in [0.25, 0.3) is 5.91 Å². The Labute approximate surface area is 145 Å². The number of hydrogen-bond acceptors (Lipinski definition) is 6. The molecule has 0 atom stereocenters. The summed E-state index contributed by atoms with van der Waals surface area (Å²) in [7, 11) is 4.48. The van der Waals surface area contributed by atoms with E-state index in [-0.39, 0.29) is 12.1 Å². The maximum Gasteiger partial charge on any atom is 0.262 e. The number of hydrogen-bond donors (Lipinski definition) is 1. The fourth-order valence-electron chi connectivity index (χ4n) is 2.18. The normalized spacial score (nSPS) is 10.7. The van der Waals surface area contributed by atoms with Gasteiger partial charge in [0.2, 0.25) is 5.75 Å². The number of furan rings is 1. The first-order chi connectivity index (χ1) is 12.1. The molecule has 1 N–H and O–H groups in total. The molecule has 2 aromatic rings. The first-order valence-corrected chi connectivity index (χ1v) is 7.35. The van der Waals surface area contributed by atoms with Gasteiger partial charge >= 0.3 is 0 Å². The van der Waals surface area contributed by atoms with E-state index in [9.17, 15) is 10.1 Å². The Kier molecular flexibility index (Phi) is 6.07. The summed E-state index contributed by atoms with van der Waals surface area (Å²) in [6.07, 6.45) is 2.96. The Morgan fingerprint density at radius 2 is 1.92 bits per heavy atom. The molecule has 0 saturated carbocycles. The molecule has 0 unspecified atom stereocenters. The smallest absolute Gasteiger partial charge is 0.262 e. The fourth-order valence-corrected chi connectivity index (χ4v) is 2.18. The Morgan fingerprint density at radius 1 is 1.24 bits per heavy atom. The maximum absolute atomic E-state index is 12.2. The molecule has 0 aliphatic rings. The molecule has 25 heavy (non-hydrogen) atoms. The van der Waals surface area contributed by atoms with Crippen LogP contribution >= 0.6 is 0 Å². The van der Waals surface area contributed by atoms with Crippen LogP contribution in [0, 0.1) is 11.3 Å². The van der Waals surface area contributed by atoms with Crippen molar-refractivity contribution in [3.05, 3.63) is 47.4 Å². The SMILES string of the molecule is COc1cc(/C=C(/C#N)C(=O)NCc2ccco2)cc(OC)c1OC. The molecular formula is C18H18N2O5. The fraction of sp³-hybridized carbons (Fsp3) is 0.222. The third-order valence-electron chi connectivity index (χ3n) is 3.37. The molecule has 7 nitrogen and oxygen atoms in total. The number of ether oxygens (including phenoxy) is 3. The van der Waals surface area contributed by atoms with Crippen molar-refractivity contribution in [3.8, 4) is 23.3 Å². The van der Waals surface area contributed by atoms with Gasteiger partial charge in [0.1, 0.15) is 17.4 Å². The van der Waals surface area contributed by atoms with Crippen molar-refractivity contribution in [2.45, 2.75) is 6.54 Å². The van der Waals surface area contributed by atoms with Gasteiger partial charge in [0.15, 0.2) is 11.5 Å². The number of nitrogens with one attached hydrogen (secondary N) is 1. The molecule has 1 heterocycles. The van der Waals surface area contributed by atoms with Gasteiger partial charge in [-0.3, -0.25) is 4.79 Å². The van der Waals surface area contributed by atoms with Gasteiger partial charge in [-0.25, -0.2) is 0 Å². The van der Waals surface area contributed by atoms with E-state index in [1.807, 2.05) is 6.07 Å². The average Bonchev–Trinajstić information content (AvgIpc) is 3.16. The Hall–Kier alpha value is -3.40. The van der Waals surface area contributed by atoms with Crippen LogP contribution in [0.25, 0.3) is 6.08 Å². The second-order valence-electron chi connectivity index (χ2n) is 4.89. The Bertz CT molecular complexity index is 778. The average molecular weight is 342 g/mol. The van der Waals surface area contributed by atoms with Crippen LogP contribution in [0.1, 0.15) is 11.3 Å². The number of methoxy groups -OCH3 is 3. The summed E-state index contributed by atoms with van der Waals surface area (Å²) in [5, 5.41) is 11.9. The molecule has 7 heteroatoms. The van der Waals surface area contributed by atoms with E-state index >= 15 is 0 Å². The second-order valence-corrected chi connectivity index (χ2v) is 4.89. The summed E-state index contributed by atoms with van der Waals surface area (Å²) in [5.74, 6) is 1.39. The minimum absolute atomic E-state index is 0.0548. The van der Waals surface area contributed by atoms with E-state index in [1.165, 1.54) is 33.7 Å². The Morgan fingerprint density at radius 3 is 2.40 bits per heavy atom. The zero-order valence-corrected chi connectivity index (χ0v) is 14.2. The highest BCUT2D eigenvalue weighted by Crippen LogP contribution is 2.38. The predicted molar refractivity (Wildman–Crippen MR) is 90.2 cm³/mol. The van der Waals surface area contributed by atoms with E-state index in [0.717, 1.165) is 0 Å². The minimum Gasteiger partial charge on any atom is -0.493 e. The van der Waals surface area contributed by atoms with Crippen LogP contribution < -0.4 is 19.5 Å². The third kappa shape index (κ3) is 4.32. The van der Waals surface area contributed by atoms with E-state index in [1.54, 1.807) is 24.3 Å². The second kappa shape index (κ2) is 8.45. The summed E-state index contributed by atoms with van der Waals surface area (Å²) in [6.45, 7) is 0.195. The summed E-state index contributed by atoms with van der Waals surface area (Å²) < 4.78 is 20.9. The molecule has 2 rings (SSSR count). The van der Waals surface area contributed by atoms with Gasteiger partial charge < -0.3 is 23.9 Å². The lowest BCUT2D eigenvalue weighted by Crippen LogP contribution is -2.23. The van der Waals surface area contributed by atoms with Crippen LogP contribution in [0.3, 0.4) is 0 Å². The molecule has 0 radical (unpaired) electrons. The number of benzene rings is 1. The minimum atomic E-state index is -0.507. The monoisotopic (exact) mass is 342 g/mol. The number of amides is 1. The highest BCUT2D eigenvalue weighted by molar-refractivity contribution is 6.01. The summed E-state index contributed by atoms with van der Waals surface area (Å²) in [5.41, 5.74) is 0.514. The van der Waals surface area contributed by atoms with Gasteiger partial charge in [-0.2, -0.15) is 5.26 Å². The molecule has 1 aromatic carbocycles. The highest BCUT2D eigenvalue weighted by Gasteiger charge is 2.14. The maximum atomic E-state index is 12.2. The number of rotatable bonds is 7. The number of carbonyl (C=O) groups excluding carboxylic acids is 1. The standard InChI is InChI=1S/C18H18N2O5/c1-22-15-8-12(9-16(23-2)17(15)24-3)7-13(10-19)18(21)20-11-14-5-4-6-25-14/h4-9H,11H2,1-3H3,(H,20,21)/b13-7-. The number of nitriles is 1. The number of nitrogens with zero attached hydrogens (tertiary/aromatic N) is 1. The molecule has 0 fully saturated rings. The van der Waals surface area contributed by atoms with Crippen molar-refractivity contribution < 1.29 is 23.4 Å². The van der Waals surface area contributed by atoms with Crippen LogP contribution in [-0.4, -0.2) is 27.2 Å². The van der Waals surface area contributed by atoms with Gasteiger partial charge in [-0.15, -0.1) is 0 Å². The van der Waals surface area contributed by atoms with E-state index in [2.05, 4.69) is 5.32 Å². The zero-order valence-electron chi connectivity index (χ0n) is 14.2. The molecule has 0 spiro atoms. The molecule has 0 aliphatic heterocycles. The molecule has 130 valence electrons. The lowest BCUT2D eigenvalue weighted by atomic mass is 10.1. The van der Waals surface area contributed by atoms with E-state index in [0.29, 0.717) is 28.6 Å². The van der Waals surface area contributed by atoms with Crippen molar-refractivity contribution in [1.82, 2.24) is 5.32 Å². The van der Waals surface area contributed by atoms with Crippen LogP contribution in [0.4, 0.5) is 0 Å². The molecular weight excluding hydrogens is 324 g/mol. The zero-order chi connectivity index (χ0) is 18.2. The summed E-state index contributed by atoms with van der Waals surface area (Å²) in [6, 6.07) is 8.64. The quantitative estimate of drug-likeness (QED) is 0.614. The van der Waals surface area contributed by atoms with Crippen molar-refractivity contribution in [1.29, 1.82) is 5.26 Å². The van der Waals surface area contributed by atoms with Gasteiger partial charge in [-0.1, -0.05) is 0 Å². The first-order valence-electron chi connectivity index (χ1n) is 7.35. The van der Waals surface area contributed by atoms with Crippen LogP contribution in [0.2, 0.25) is 0 Å². The van der Waals surface area contributed by atoms with Crippen LogP contribution in [0.15, 0.2) is 40.5 Å². The van der Waals surface area contributed by atoms with Crippen molar-refractivity contribution in [2.24, 2.45) is 0 Å². The lowest BCUT2D eigenvalue weighted by Gasteiger charge is -2.13. The lowest BCUT2D eigenvalue weighted by molar-refractivity contribution is -0.117. The van der Waals surface area contributed by atoms with Crippen molar-refractivity contribution in [2.75, 3.05) is 21.3 Å². The van der Waals surface area contributed by atoms with Gasteiger partial charge in [0, 0.05) is 0 Å². The van der Waals surface area contributed by atoms with Gasteiger partial charge in [-0.05, 0) is 35.9 Å². The Balaban J connectivity index is 2.26. The van der Waals surface area contributed by atoms with E-state index in [4.69, 9.17) is 18.6 Å². The molecule has 1 aromatic heterocycles. The predicted octanol–water partition coefficient (Wildman–Crippen LogP) is 2.53. The summed E-state index contributed by atoms with van der Waals surface area (Å²) >= 11 is 0. The number of carbonyl (C=O) groups is 1. The molecule has 0 bridgehead atoms. The van der Waals surface area contributed by atoms with Gasteiger partial charge in [0.05, 0.1) is 34.1 Å². The largest absolute Gasteiger partial charge is 0.493 e. The summed E-state index contributed by atoms with van der Waals surface area (Å²) in [4.78, 5) is 12.2. The topological polar surface area (TPSA) is 93.7 Å². The van der Waals surface area contributed by atoms with Crippen molar-refractivity contribution in [3.63, 3.8) is 0 Å². The molecule has 0 aliphatic carbocycles. The highest BCUT2D eigenvalue weighted by atomic mass is 16.5. The van der Waals surface area contributed by atoms with Crippen LogP contribution in [0.5, 0.6) is 17.2 Å².